The number of piperazine rings is 1. The molecule has 1 unspecified atom stereocenters. The predicted octanol–water partition coefficient (Wildman–Crippen LogP) is 3.53. The Bertz CT molecular complexity index is 1190. The standard InChI is InChI=1S/C24H28ClN5O2S/c1-15-19-13-21(33-24(19)30(27-15)14-17-5-3-4-6-20(17)25)23(32)29-11-9-28(10-12-29)16(2)22(31)26-18-7-8-18/h3-6,13,16,18H,7-12,14H2,1-2H3,(H,26,31). The highest BCUT2D eigenvalue weighted by molar-refractivity contribution is 7.20. The molecular weight excluding hydrogens is 458 g/mol. The number of halogens is 1. The van der Waals surface area contributed by atoms with Gasteiger partial charge in [-0.25, -0.2) is 0 Å². The van der Waals surface area contributed by atoms with Gasteiger partial charge in [-0.3, -0.25) is 19.2 Å². The van der Waals surface area contributed by atoms with Crippen molar-refractivity contribution in [2.45, 2.75) is 45.3 Å². The van der Waals surface area contributed by atoms with Gasteiger partial charge in [-0.2, -0.15) is 5.10 Å². The van der Waals surface area contributed by atoms with E-state index >= 15 is 0 Å². The highest BCUT2D eigenvalue weighted by Crippen LogP contribution is 2.31. The first-order valence-electron chi connectivity index (χ1n) is 11.4. The number of rotatable bonds is 6. The molecular formula is C24H28ClN5O2S. The van der Waals surface area contributed by atoms with E-state index in [4.69, 9.17) is 11.6 Å². The molecule has 3 heterocycles. The van der Waals surface area contributed by atoms with Crippen LogP contribution >= 0.6 is 22.9 Å². The molecule has 1 aliphatic carbocycles. The van der Waals surface area contributed by atoms with Crippen LogP contribution in [0.4, 0.5) is 0 Å². The van der Waals surface area contributed by atoms with Crippen molar-refractivity contribution in [2.75, 3.05) is 26.2 Å². The second-order valence-corrected chi connectivity index (χ2v) is 10.4. The zero-order valence-corrected chi connectivity index (χ0v) is 20.5. The summed E-state index contributed by atoms with van der Waals surface area (Å²) in [7, 11) is 0. The number of amides is 2. The molecule has 0 spiro atoms. The van der Waals surface area contributed by atoms with Crippen LogP contribution < -0.4 is 5.32 Å². The van der Waals surface area contributed by atoms with Crippen LogP contribution in [0.5, 0.6) is 0 Å². The third kappa shape index (κ3) is 4.65. The predicted molar refractivity (Wildman–Crippen MR) is 131 cm³/mol. The Morgan fingerprint density at radius 3 is 2.64 bits per heavy atom. The van der Waals surface area contributed by atoms with Crippen LogP contribution in [0.15, 0.2) is 30.3 Å². The SMILES string of the molecule is Cc1nn(Cc2ccccc2Cl)c2sc(C(=O)N3CCN(C(C)C(=O)NC4CC4)CC3)cc12. The highest BCUT2D eigenvalue weighted by Gasteiger charge is 2.31. The van der Waals surface area contributed by atoms with E-state index in [-0.39, 0.29) is 17.9 Å². The summed E-state index contributed by atoms with van der Waals surface area (Å²) in [6, 6.07) is 9.93. The van der Waals surface area contributed by atoms with E-state index in [9.17, 15) is 9.59 Å². The van der Waals surface area contributed by atoms with Crippen LogP contribution in [0.2, 0.25) is 5.02 Å². The molecule has 2 fully saturated rings. The number of carbonyl (C=O) groups excluding carboxylic acids is 2. The van der Waals surface area contributed by atoms with E-state index in [2.05, 4.69) is 15.3 Å². The lowest BCUT2D eigenvalue weighted by Gasteiger charge is -2.37. The molecule has 1 aromatic carbocycles. The number of aryl methyl sites for hydroxylation is 1. The van der Waals surface area contributed by atoms with Gasteiger partial charge < -0.3 is 10.2 Å². The molecule has 1 saturated carbocycles. The first-order chi connectivity index (χ1) is 15.9. The number of fused-ring (bicyclic) bond motifs is 1. The normalized spacial score (nSPS) is 18.0. The summed E-state index contributed by atoms with van der Waals surface area (Å²) >= 11 is 7.83. The Hall–Kier alpha value is -2.42. The van der Waals surface area contributed by atoms with Gasteiger partial charge in [0.05, 0.1) is 23.2 Å². The zero-order chi connectivity index (χ0) is 23.1. The Balaban J connectivity index is 1.26. The van der Waals surface area contributed by atoms with Crippen molar-refractivity contribution in [3.63, 3.8) is 0 Å². The van der Waals surface area contributed by atoms with Gasteiger partial charge in [0, 0.05) is 42.6 Å². The molecule has 0 radical (unpaired) electrons. The van der Waals surface area contributed by atoms with Gasteiger partial charge in [0.1, 0.15) is 4.83 Å². The first kappa shape index (κ1) is 22.4. The summed E-state index contributed by atoms with van der Waals surface area (Å²) in [4.78, 5) is 31.4. The third-order valence-electron chi connectivity index (χ3n) is 6.55. The molecule has 0 bridgehead atoms. The molecule has 1 aliphatic heterocycles. The number of nitrogens with zero attached hydrogens (tertiary/aromatic N) is 4. The minimum absolute atomic E-state index is 0.0506. The van der Waals surface area contributed by atoms with Gasteiger partial charge in [-0.1, -0.05) is 29.8 Å². The topological polar surface area (TPSA) is 70.5 Å². The number of aromatic nitrogens is 2. The van der Waals surface area contributed by atoms with E-state index in [1.807, 2.05) is 53.8 Å². The maximum Gasteiger partial charge on any atom is 0.264 e. The van der Waals surface area contributed by atoms with Crippen LogP contribution in [0, 0.1) is 6.92 Å². The Labute approximate surface area is 202 Å². The molecule has 9 heteroatoms. The second kappa shape index (κ2) is 9.08. The zero-order valence-electron chi connectivity index (χ0n) is 18.9. The lowest BCUT2D eigenvalue weighted by Crippen LogP contribution is -2.55. The van der Waals surface area contributed by atoms with Crippen LogP contribution in [-0.2, 0) is 11.3 Å². The van der Waals surface area contributed by atoms with Crippen molar-refractivity contribution in [3.8, 4) is 0 Å². The van der Waals surface area contributed by atoms with Crippen molar-refractivity contribution >= 4 is 45.0 Å². The van der Waals surface area contributed by atoms with E-state index in [0.717, 1.165) is 39.2 Å². The fourth-order valence-electron chi connectivity index (χ4n) is 4.30. The number of carbonyl (C=O) groups is 2. The van der Waals surface area contributed by atoms with Gasteiger partial charge in [0.15, 0.2) is 0 Å². The van der Waals surface area contributed by atoms with E-state index in [1.54, 1.807) is 0 Å². The maximum absolute atomic E-state index is 13.3. The average molecular weight is 486 g/mol. The van der Waals surface area contributed by atoms with Gasteiger partial charge in [0.2, 0.25) is 5.91 Å². The molecule has 2 aromatic heterocycles. The Kier molecular flexibility index (Phi) is 6.16. The van der Waals surface area contributed by atoms with Gasteiger partial charge >= 0.3 is 0 Å². The number of hydrogen-bond acceptors (Lipinski definition) is 5. The molecule has 1 atom stereocenters. The minimum atomic E-state index is -0.161. The molecule has 2 aliphatic rings. The molecule has 7 nitrogen and oxygen atoms in total. The summed E-state index contributed by atoms with van der Waals surface area (Å²) in [5, 5.41) is 9.47. The fourth-order valence-corrected chi connectivity index (χ4v) is 5.62. The monoisotopic (exact) mass is 485 g/mol. The molecule has 174 valence electrons. The second-order valence-electron chi connectivity index (χ2n) is 8.95. The fraction of sp³-hybridized carbons (Fsp3) is 0.458. The van der Waals surface area contributed by atoms with Gasteiger partial charge in [-0.15, -0.1) is 11.3 Å². The summed E-state index contributed by atoms with van der Waals surface area (Å²) in [6.07, 6.45) is 2.18. The lowest BCUT2D eigenvalue weighted by molar-refractivity contribution is -0.126. The van der Waals surface area contributed by atoms with Crippen molar-refractivity contribution in [3.05, 3.63) is 51.5 Å². The van der Waals surface area contributed by atoms with E-state index in [1.165, 1.54) is 11.3 Å². The lowest BCUT2D eigenvalue weighted by atomic mass is 10.2. The largest absolute Gasteiger partial charge is 0.352 e. The molecule has 3 aromatic rings. The number of benzene rings is 1. The number of thiophene rings is 1. The van der Waals surface area contributed by atoms with Gasteiger partial charge in [-0.05, 0) is 44.4 Å². The number of hydrogen-bond donors (Lipinski definition) is 1. The minimum Gasteiger partial charge on any atom is -0.352 e. The molecule has 1 saturated heterocycles. The van der Waals surface area contributed by atoms with Crippen molar-refractivity contribution in [1.82, 2.24) is 24.9 Å². The van der Waals surface area contributed by atoms with Crippen molar-refractivity contribution in [2.24, 2.45) is 0 Å². The van der Waals surface area contributed by atoms with Crippen LogP contribution in [0.25, 0.3) is 10.2 Å². The summed E-state index contributed by atoms with van der Waals surface area (Å²) in [5.41, 5.74) is 1.91. The van der Waals surface area contributed by atoms with Crippen LogP contribution in [0.1, 0.15) is 40.7 Å². The van der Waals surface area contributed by atoms with E-state index in [0.29, 0.717) is 43.8 Å². The Morgan fingerprint density at radius 1 is 1.21 bits per heavy atom. The summed E-state index contributed by atoms with van der Waals surface area (Å²) < 4.78 is 1.94. The molecule has 5 rings (SSSR count). The van der Waals surface area contributed by atoms with Crippen LogP contribution in [-0.4, -0.2) is 69.7 Å². The first-order valence-corrected chi connectivity index (χ1v) is 12.6. The number of nitrogens with one attached hydrogen (secondary N) is 1. The van der Waals surface area contributed by atoms with Gasteiger partial charge in [0.25, 0.3) is 5.91 Å². The maximum atomic E-state index is 13.3. The summed E-state index contributed by atoms with van der Waals surface area (Å²) in [5.74, 6) is 0.148. The van der Waals surface area contributed by atoms with Crippen molar-refractivity contribution < 1.29 is 9.59 Å². The van der Waals surface area contributed by atoms with Crippen molar-refractivity contribution in [1.29, 1.82) is 0 Å². The molecule has 33 heavy (non-hydrogen) atoms. The van der Waals surface area contributed by atoms with E-state index < -0.39 is 0 Å². The van der Waals surface area contributed by atoms with Crippen LogP contribution in [0.3, 0.4) is 0 Å². The molecule has 2 amide bonds. The summed E-state index contributed by atoms with van der Waals surface area (Å²) in [6.45, 7) is 7.15. The molecule has 1 N–H and O–H groups in total. The highest BCUT2D eigenvalue weighted by atomic mass is 35.5. The average Bonchev–Trinajstić information content (AvgIpc) is 3.44. The Morgan fingerprint density at radius 2 is 1.94 bits per heavy atom. The smallest absolute Gasteiger partial charge is 0.264 e. The quantitative estimate of drug-likeness (QED) is 0.579. The third-order valence-corrected chi connectivity index (χ3v) is 8.05.